The van der Waals surface area contributed by atoms with E-state index in [0.29, 0.717) is 0 Å². The first kappa shape index (κ1) is 40.9. The minimum atomic E-state index is 0. The third-order valence-electron chi connectivity index (χ3n) is 0. The van der Waals surface area contributed by atoms with E-state index in [0.717, 1.165) is 0 Å². The van der Waals surface area contributed by atoms with Crippen LogP contribution in [0.5, 0.6) is 0 Å². The molecule has 0 aromatic heterocycles. The van der Waals surface area contributed by atoms with Crippen LogP contribution >= 0.6 is 0 Å². The van der Waals surface area contributed by atoms with Crippen molar-refractivity contribution in [2.24, 2.45) is 0 Å². The normalized spacial score (nSPS) is 1.71. The number of hydrogen-bond donors (Lipinski definition) is 0. The van der Waals surface area contributed by atoms with E-state index in [1.54, 1.807) is 13.8 Å². The SMILES string of the molecule is [CH2-]C.[CH2-]C.[CH3-].[V+2].[W]. The summed E-state index contributed by atoms with van der Waals surface area (Å²) in [4.78, 5) is 0. The molecule has 0 bridgehead atoms. The van der Waals surface area contributed by atoms with Crippen molar-refractivity contribution in [1.29, 1.82) is 0 Å². The molecule has 0 aromatic rings. The molecule has 0 saturated carbocycles. The van der Waals surface area contributed by atoms with Crippen molar-refractivity contribution in [3.63, 3.8) is 0 Å². The average molecular weight is 308 g/mol. The second-order valence-electron chi connectivity index (χ2n) is 0. The largest absolute Gasteiger partial charge is 2.00 e. The molecular formula is C5H13VW-. The van der Waals surface area contributed by atoms with Crippen LogP contribution in [0.15, 0.2) is 0 Å². The van der Waals surface area contributed by atoms with Crippen molar-refractivity contribution in [1.82, 2.24) is 0 Å². The van der Waals surface area contributed by atoms with E-state index in [2.05, 4.69) is 13.8 Å². The molecule has 0 amide bonds. The molecule has 0 unspecified atom stereocenters. The molecule has 0 spiro atoms. The minimum Gasteiger partial charge on any atom is -0.358 e. The second kappa shape index (κ2) is 177. The molecule has 0 heterocycles. The molecule has 0 fully saturated rings. The Hall–Kier alpha value is 1.27. The van der Waals surface area contributed by atoms with E-state index in [1.807, 2.05) is 0 Å². The number of rotatable bonds is 0. The van der Waals surface area contributed by atoms with Crippen molar-refractivity contribution < 1.29 is 39.6 Å². The van der Waals surface area contributed by atoms with Crippen LogP contribution in [0, 0.1) is 21.3 Å². The van der Waals surface area contributed by atoms with Crippen molar-refractivity contribution >= 4 is 0 Å². The molecule has 0 aliphatic carbocycles. The molecule has 0 atom stereocenters. The van der Waals surface area contributed by atoms with Crippen LogP contribution in [0.1, 0.15) is 13.8 Å². The standard InChI is InChI=1S/2C2H5.CH3.V.W/c2*1-2;;;/h2*1H2,2H3;1H3;;/q3*-1;+2;. The smallest absolute Gasteiger partial charge is 0.358 e. The van der Waals surface area contributed by atoms with Gasteiger partial charge in [0.1, 0.15) is 0 Å². The van der Waals surface area contributed by atoms with Crippen LogP contribution < -0.4 is 0 Å². The Morgan fingerprint density at radius 3 is 0.857 bits per heavy atom. The van der Waals surface area contributed by atoms with E-state index in [4.69, 9.17) is 0 Å². The van der Waals surface area contributed by atoms with E-state index >= 15 is 0 Å². The predicted molar refractivity (Wildman–Crippen MR) is 28.5 cm³/mol. The fourth-order valence-corrected chi connectivity index (χ4v) is 0. The van der Waals surface area contributed by atoms with Gasteiger partial charge in [0.05, 0.1) is 0 Å². The topological polar surface area (TPSA) is 0 Å². The van der Waals surface area contributed by atoms with E-state index in [9.17, 15) is 0 Å². The fourth-order valence-electron chi connectivity index (χ4n) is 0. The maximum Gasteiger partial charge on any atom is 2.00 e. The molecule has 0 aliphatic heterocycles. The Balaban J connectivity index is -0.00000000267. The van der Waals surface area contributed by atoms with Gasteiger partial charge >= 0.3 is 18.6 Å². The van der Waals surface area contributed by atoms with Gasteiger partial charge in [-0.05, 0) is 0 Å². The third-order valence-corrected chi connectivity index (χ3v) is 0. The predicted octanol–water partition coefficient (Wildman–Crippen LogP) is 2.13. The minimum absolute atomic E-state index is 0. The zero-order valence-electron chi connectivity index (χ0n) is 5.27. The van der Waals surface area contributed by atoms with E-state index in [1.165, 1.54) is 0 Å². The van der Waals surface area contributed by atoms with Crippen LogP contribution in [0.2, 0.25) is 0 Å². The van der Waals surface area contributed by atoms with Crippen LogP contribution in [0.25, 0.3) is 0 Å². The fraction of sp³-hybridized carbons (Fsp3) is 0.400. The first-order valence-electron chi connectivity index (χ1n) is 1.41. The van der Waals surface area contributed by atoms with Gasteiger partial charge in [-0.25, -0.2) is 0 Å². The van der Waals surface area contributed by atoms with Gasteiger partial charge in [0.25, 0.3) is 0 Å². The number of hydrogen-bond acceptors (Lipinski definition) is 0. The van der Waals surface area contributed by atoms with Crippen LogP contribution in [-0.4, -0.2) is 0 Å². The summed E-state index contributed by atoms with van der Waals surface area (Å²) >= 11 is 0. The molecule has 0 N–H and O–H groups in total. The molecular weight excluding hydrogens is 295 g/mol. The first-order chi connectivity index (χ1) is 2.00. The van der Waals surface area contributed by atoms with Crippen molar-refractivity contribution in [2.45, 2.75) is 13.8 Å². The molecule has 0 saturated heterocycles. The Morgan fingerprint density at radius 1 is 0.857 bits per heavy atom. The summed E-state index contributed by atoms with van der Waals surface area (Å²) in [5, 5.41) is 0. The Morgan fingerprint density at radius 2 is 0.857 bits per heavy atom. The molecule has 7 heavy (non-hydrogen) atoms. The summed E-state index contributed by atoms with van der Waals surface area (Å²) < 4.78 is 0. The van der Waals surface area contributed by atoms with Crippen molar-refractivity contribution in [3.05, 3.63) is 21.3 Å². The monoisotopic (exact) mass is 308 g/mol. The molecule has 2 heteroatoms. The molecule has 0 rings (SSSR count). The van der Waals surface area contributed by atoms with E-state index < -0.39 is 0 Å². The van der Waals surface area contributed by atoms with Gasteiger partial charge in [-0.3, -0.25) is 0 Å². The van der Waals surface area contributed by atoms with Crippen LogP contribution in [0.3, 0.4) is 0 Å². The Bertz CT molecular complexity index is 8.04. The summed E-state index contributed by atoms with van der Waals surface area (Å²) in [7, 11) is 0. The summed E-state index contributed by atoms with van der Waals surface area (Å²) in [6, 6.07) is 0. The summed E-state index contributed by atoms with van der Waals surface area (Å²) in [6.07, 6.45) is 0. The summed E-state index contributed by atoms with van der Waals surface area (Å²) in [5.74, 6) is 0. The van der Waals surface area contributed by atoms with Gasteiger partial charge in [-0.1, -0.05) is 0 Å². The van der Waals surface area contributed by atoms with Crippen LogP contribution in [0.4, 0.5) is 0 Å². The zero-order valence-corrected chi connectivity index (χ0v) is 9.60. The maximum atomic E-state index is 3.25. The summed E-state index contributed by atoms with van der Waals surface area (Å²) in [6.45, 7) is 10.0. The van der Waals surface area contributed by atoms with Crippen molar-refractivity contribution in [2.75, 3.05) is 0 Å². The van der Waals surface area contributed by atoms with Gasteiger partial charge in [0.15, 0.2) is 0 Å². The summed E-state index contributed by atoms with van der Waals surface area (Å²) in [5.41, 5.74) is 0. The van der Waals surface area contributed by atoms with Gasteiger partial charge in [0, 0.05) is 21.1 Å². The molecule has 0 aliphatic rings. The van der Waals surface area contributed by atoms with E-state index in [-0.39, 0.29) is 47.0 Å². The maximum absolute atomic E-state index is 3.25. The van der Waals surface area contributed by atoms with Gasteiger partial charge in [-0.15, -0.1) is 0 Å². The molecule has 45 valence electrons. The van der Waals surface area contributed by atoms with Gasteiger partial charge < -0.3 is 21.3 Å². The van der Waals surface area contributed by atoms with Crippen molar-refractivity contribution in [3.8, 4) is 0 Å². The Kier molecular flexibility index (Phi) is 1030. The first-order valence-corrected chi connectivity index (χ1v) is 1.41. The zero-order chi connectivity index (χ0) is 4.00. The van der Waals surface area contributed by atoms with Crippen LogP contribution in [-0.2, 0) is 39.6 Å². The Labute approximate surface area is 74.6 Å². The molecule has 0 nitrogen and oxygen atoms in total. The molecule has 0 aromatic carbocycles. The quantitative estimate of drug-likeness (QED) is 0.602. The van der Waals surface area contributed by atoms with Gasteiger partial charge in [0.2, 0.25) is 0 Å². The second-order valence-corrected chi connectivity index (χ2v) is 0. The van der Waals surface area contributed by atoms with Gasteiger partial charge in [-0.2, -0.15) is 13.8 Å². The third kappa shape index (κ3) is 125. The molecule has 1 radical (unpaired) electrons. The average Bonchev–Trinajstić information content (AvgIpc) is 1.50.